The summed E-state index contributed by atoms with van der Waals surface area (Å²) in [5.74, 6) is 0.0119. The highest BCUT2D eigenvalue weighted by Gasteiger charge is 2.25. The summed E-state index contributed by atoms with van der Waals surface area (Å²) in [6.07, 6.45) is -0.456. The van der Waals surface area contributed by atoms with Gasteiger partial charge in [0, 0.05) is 10.0 Å². The topological polar surface area (TPSA) is 35.5 Å². The van der Waals surface area contributed by atoms with Gasteiger partial charge >= 0.3 is 0 Å². The first-order valence-corrected chi connectivity index (χ1v) is 6.39. The van der Waals surface area contributed by atoms with Gasteiger partial charge in [-0.1, -0.05) is 15.9 Å². The number of hydrogen-bond donors (Lipinski definition) is 0. The summed E-state index contributed by atoms with van der Waals surface area (Å²) < 4.78 is 11.7. The Balaban J connectivity index is 2.26. The van der Waals surface area contributed by atoms with Crippen LogP contribution in [-0.4, -0.2) is 31.7 Å². The molecule has 1 aliphatic rings. The molecule has 0 amide bonds. The van der Waals surface area contributed by atoms with E-state index in [9.17, 15) is 4.79 Å². The lowest BCUT2D eigenvalue weighted by molar-refractivity contribution is -0.0719. The van der Waals surface area contributed by atoms with E-state index in [4.69, 9.17) is 9.47 Å². The predicted octanol–water partition coefficient (Wildman–Crippen LogP) is 2.66. The van der Waals surface area contributed by atoms with Gasteiger partial charge in [-0.05, 0) is 37.1 Å². The van der Waals surface area contributed by atoms with Crippen LogP contribution in [0.3, 0.4) is 0 Å². The predicted molar refractivity (Wildman–Crippen MR) is 68.5 cm³/mol. The molecule has 0 spiro atoms. The van der Waals surface area contributed by atoms with Crippen LogP contribution >= 0.6 is 15.9 Å². The molecule has 17 heavy (non-hydrogen) atoms. The molecule has 1 aliphatic heterocycles. The molecule has 1 saturated heterocycles. The van der Waals surface area contributed by atoms with Gasteiger partial charge in [-0.3, -0.25) is 4.79 Å². The Bertz CT molecular complexity index is 437. The Morgan fingerprint density at radius 1 is 1.29 bits per heavy atom. The monoisotopic (exact) mass is 298 g/mol. The highest BCUT2D eigenvalue weighted by Crippen LogP contribution is 2.23. The largest absolute Gasteiger partial charge is 0.376 e. The minimum Gasteiger partial charge on any atom is -0.376 e. The first-order chi connectivity index (χ1) is 8.09. The molecule has 3 nitrogen and oxygen atoms in total. The molecular weight excluding hydrogens is 284 g/mol. The van der Waals surface area contributed by atoms with Gasteiger partial charge in [0.1, 0.15) is 6.10 Å². The molecule has 1 atom stereocenters. The van der Waals surface area contributed by atoms with Crippen molar-refractivity contribution in [1.82, 2.24) is 0 Å². The molecular formula is C13H15BrO3. The van der Waals surface area contributed by atoms with Crippen LogP contribution in [0.2, 0.25) is 0 Å². The first-order valence-electron chi connectivity index (χ1n) is 5.60. The van der Waals surface area contributed by atoms with Crippen molar-refractivity contribution < 1.29 is 14.3 Å². The van der Waals surface area contributed by atoms with Crippen LogP contribution in [-0.2, 0) is 9.47 Å². The molecule has 0 aliphatic carbocycles. The molecule has 0 N–H and O–H groups in total. The maximum atomic E-state index is 12.3. The molecule has 1 aromatic rings. The lowest BCUT2D eigenvalue weighted by atomic mass is 9.99. The molecule has 0 saturated carbocycles. The Labute approximate surface area is 109 Å². The summed E-state index contributed by atoms with van der Waals surface area (Å²) in [7, 11) is 0. The average Bonchev–Trinajstić information content (AvgIpc) is 2.34. The lowest BCUT2D eigenvalue weighted by Gasteiger charge is -2.22. The van der Waals surface area contributed by atoms with E-state index in [0.717, 1.165) is 21.2 Å². The van der Waals surface area contributed by atoms with Gasteiger partial charge in [0.15, 0.2) is 5.78 Å². The van der Waals surface area contributed by atoms with Crippen molar-refractivity contribution in [2.24, 2.45) is 0 Å². The number of benzene rings is 1. The fraction of sp³-hybridized carbons (Fsp3) is 0.462. The van der Waals surface area contributed by atoms with E-state index in [1.807, 2.05) is 26.0 Å². The van der Waals surface area contributed by atoms with E-state index < -0.39 is 6.10 Å². The Morgan fingerprint density at radius 2 is 2.06 bits per heavy atom. The number of ether oxygens (including phenoxy) is 2. The maximum absolute atomic E-state index is 12.3. The third-order valence-corrected chi connectivity index (χ3v) is 3.73. The summed E-state index contributed by atoms with van der Waals surface area (Å²) >= 11 is 3.46. The number of aryl methyl sites for hydroxylation is 2. The number of Topliss-reactive ketones (excluding diaryl/α,β-unsaturated/α-hetero) is 1. The summed E-state index contributed by atoms with van der Waals surface area (Å²) in [6.45, 7) is 5.32. The molecule has 2 rings (SSSR count). The number of carbonyl (C=O) groups is 1. The second-order valence-electron chi connectivity index (χ2n) is 4.21. The highest BCUT2D eigenvalue weighted by atomic mass is 79.9. The van der Waals surface area contributed by atoms with Gasteiger partial charge in [0.2, 0.25) is 0 Å². The van der Waals surface area contributed by atoms with E-state index in [2.05, 4.69) is 15.9 Å². The van der Waals surface area contributed by atoms with Gasteiger partial charge in [-0.2, -0.15) is 0 Å². The van der Waals surface area contributed by atoms with Gasteiger partial charge in [-0.15, -0.1) is 0 Å². The number of halogens is 1. The van der Waals surface area contributed by atoms with E-state index in [-0.39, 0.29) is 5.78 Å². The van der Waals surface area contributed by atoms with Gasteiger partial charge in [0.05, 0.1) is 19.8 Å². The van der Waals surface area contributed by atoms with Crippen LogP contribution in [0.25, 0.3) is 0 Å². The second-order valence-corrected chi connectivity index (χ2v) is 5.07. The van der Waals surface area contributed by atoms with Crippen LogP contribution in [0.15, 0.2) is 16.6 Å². The van der Waals surface area contributed by atoms with Crippen molar-refractivity contribution in [1.29, 1.82) is 0 Å². The van der Waals surface area contributed by atoms with Gasteiger partial charge < -0.3 is 9.47 Å². The molecule has 1 aromatic carbocycles. The maximum Gasteiger partial charge on any atom is 0.194 e. The van der Waals surface area contributed by atoms with Crippen molar-refractivity contribution in [3.05, 3.63) is 33.3 Å². The zero-order valence-corrected chi connectivity index (χ0v) is 11.5. The van der Waals surface area contributed by atoms with E-state index in [0.29, 0.717) is 19.8 Å². The van der Waals surface area contributed by atoms with Gasteiger partial charge in [-0.25, -0.2) is 0 Å². The zero-order chi connectivity index (χ0) is 12.4. The van der Waals surface area contributed by atoms with Gasteiger partial charge in [0.25, 0.3) is 0 Å². The normalized spacial score (nSPS) is 20.3. The zero-order valence-electron chi connectivity index (χ0n) is 9.96. The average molecular weight is 299 g/mol. The third-order valence-electron chi connectivity index (χ3n) is 2.88. The summed E-state index contributed by atoms with van der Waals surface area (Å²) in [4.78, 5) is 12.3. The summed E-state index contributed by atoms with van der Waals surface area (Å²) in [5, 5.41) is 0. The van der Waals surface area contributed by atoms with Crippen molar-refractivity contribution in [2.45, 2.75) is 20.0 Å². The molecule has 4 heteroatoms. The SMILES string of the molecule is Cc1cc(C(=O)C2COCCO2)c(C)cc1Br. The molecule has 92 valence electrons. The van der Waals surface area contributed by atoms with Crippen molar-refractivity contribution in [3.8, 4) is 0 Å². The van der Waals surface area contributed by atoms with E-state index in [1.54, 1.807) is 0 Å². The highest BCUT2D eigenvalue weighted by molar-refractivity contribution is 9.10. The second kappa shape index (κ2) is 5.29. The minimum atomic E-state index is -0.456. The summed E-state index contributed by atoms with van der Waals surface area (Å²) in [6, 6.07) is 3.87. The first kappa shape index (κ1) is 12.7. The standard InChI is InChI=1S/C13H15BrO3/c1-8-6-11(14)9(2)5-10(8)13(15)12-7-16-3-4-17-12/h5-6,12H,3-4,7H2,1-2H3. The van der Waals surface area contributed by atoms with Crippen LogP contribution in [0.1, 0.15) is 21.5 Å². The number of carbonyl (C=O) groups excluding carboxylic acids is 1. The van der Waals surface area contributed by atoms with Crippen molar-refractivity contribution in [3.63, 3.8) is 0 Å². The molecule has 1 fully saturated rings. The van der Waals surface area contributed by atoms with E-state index in [1.165, 1.54) is 0 Å². The smallest absolute Gasteiger partial charge is 0.194 e. The molecule has 1 heterocycles. The number of hydrogen-bond acceptors (Lipinski definition) is 3. The van der Waals surface area contributed by atoms with Crippen LogP contribution in [0.5, 0.6) is 0 Å². The quantitative estimate of drug-likeness (QED) is 0.788. The fourth-order valence-corrected chi connectivity index (χ4v) is 2.32. The Kier molecular flexibility index (Phi) is 3.97. The van der Waals surface area contributed by atoms with E-state index >= 15 is 0 Å². The number of rotatable bonds is 2. The van der Waals surface area contributed by atoms with Crippen molar-refractivity contribution >= 4 is 21.7 Å². The summed E-state index contributed by atoms with van der Waals surface area (Å²) in [5.41, 5.74) is 2.73. The molecule has 0 radical (unpaired) electrons. The fourth-order valence-electron chi connectivity index (χ4n) is 1.86. The minimum absolute atomic E-state index is 0.0119. The van der Waals surface area contributed by atoms with Crippen LogP contribution < -0.4 is 0 Å². The van der Waals surface area contributed by atoms with Crippen LogP contribution in [0, 0.1) is 13.8 Å². The third kappa shape index (κ3) is 2.76. The molecule has 0 aromatic heterocycles. The molecule has 1 unspecified atom stereocenters. The Hall–Kier alpha value is -0.710. The number of ketones is 1. The lowest BCUT2D eigenvalue weighted by Crippen LogP contribution is -2.35. The molecule has 0 bridgehead atoms. The Morgan fingerprint density at radius 3 is 2.71 bits per heavy atom. The van der Waals surface area contributed by atoms with Crippen molar-refractivity contribution in [2.75, 3.05) is 19.8 Å². The van der Waals surface area contributed by atoms with Crippen LogP contribution in [0.4, 0.5) is 0 Å².